The summed E-state index contributed by atoms with van der Waals surface area (Å²) in [6.45, 7) is 1.05. The summed E-state index contributed by atoms with van der Waals surface area (Å²) in [5.41, 5.74) is -0.242. The molecule has 0 fully saturated rings. The molecule has 0 bridgehead atoms. The first-order chi connectivity index (χ1) is 6.91. The van der Waals surface area contributed by atoms with Gasteiger partial charge in [0.1, 0.15) is 5.82 Å². The van der Waals surface area contributed by atoms with Gasteiger partial charge in [0.15, 0.2) is 0 Å². The summed E-state index contributed by atoms with van der Waals surface area (Å²) in [5.74, 6) is -2.62. The van der Waals surface area contributed by atoms with Gasteiger partial charge in [0.25, 0.3) is 0 Å². The van der Waals surface area contributed by atoms with Gasteiger partial charge in [0.05, 0.1) is 15.6 Å². The van der Waals surface area contributed by atoms with Crippen LogP contribution in [-0.4, -0.2) is 11.9 Å². The molecule has 0 atom stereocenters. The molecule has 0 unspecified atom stereocenters. The summed E-state index contributed by atoms with van der Waals surface area (Å²) >= 11 is 11.0. The smallest absolute Gasteiger partial charge is 0.347 e. The Hall–Kier alpha value is -1.13. The van der Waals surface area contributed by atoms with Crippen molar-refractivity contribution in [2.45, 2.75) is 6.92 Å². The lowest BCUT2D eigenvalue weighted by atomic mass is 10.2. The molecule has 15 heavy (non-hydrogen) atoms. The molecule has 0 aliphatic rings. The third-order valence-electron chi connectivity index (χ3n) is 1.47. The summed E-state index contributed by atoms with van der Waals surface area (Å²) in [6, 6.07) is 1.88. The second-order valence-electron chi connectivity index (χ2n) is 2.63. The highest BCUT2D eigenvalue weighted by Gasteiger charge is 2.16. The van der Waals surface area contributed by atoms with Crippen LogP contribution < -0.4 is 0 Å². The predicted octanol–water partition coefficient (Wildman–Crippen LogP) is 2.84. The summed E-state index contributed by atoms with van der Waals surface area (Å²) < 4.78 is 17.2. The van der Waals surface area contributed by atoms with E-state index in [1.165, 1.54) is 0 Å². The second-order valence-corrected chi connectivity index (χ2v) is 3.44. The minimum Gasteiger partial charge on any atom is -0.390 e. The van der Waals surface area contributed by atoms with Crippen molar-refractivity contribution in [1.29, 1.82) is 0 Å². The fraction of sp³-hybridized carbons (Fsp3) is 0.111. The van der Waals surface area contributed by atoms with Crippen LogP contribution in [0.3, 0.4) is 0 Å². The molecular formula is C9H5Cl2FO3. The maximum atomic E-state index is 13.0. The highest BCUT2D eigenvalue weighted by Crippen LogP contribution is 2.24. The van der Waals surface area contributed by atoms with Gasteiger partial charge in [-0.25, -0.2) is 9.18 Å². The van der Waals surface area contributed by atoms with E-state index in [1.54, 1.807) is 0 Å². The van der Waals surface area contributed by atoms with E-state index in [4.69, 9.17) is 23.2 Å². The van der Waals surface area contributed by atoms with Gasteiger partial charge in [-0.05, 0) is 12.1 Å². The van der Waals surface area contributed by atoms with Crippen LogP contribution in [0.15, 0.2) is 12.1 Å². The van der Waals surface area contributed by atoms with E-state index in [0.717, 1.165) is 19.1 Å². The van der Waals surface area contributed by atoms with E-state index >= 15 is 0 Å². The van der Waals surface area contributed by atoms with Gasteiger partial charge in [-0.1, -0.05) is 23.2 Å². The number of carbonyl (C=O) groups excluding carboxylic acids is 2. The molecule has 0 amide bonds. The normalized spacial score (nSPS) is 9.87. The summed E-state index contributed by atoms with van der Waals surface area (Å²) in [5, 5.41) is -0.285. The van der Waals surface area contributed by atoms with Gasteiger partial charge in [-0.2, -0.15) is 0 Å². The number of benzene rings is 1. The lowest BCUT2D eigenvalue weighted by Gasteiger charge is -2.03. The van der Waals surface area contributed by atoms with Crippen molar-refractivity contribution < 1.29 is 18.7 Å². The van der Waals surface area contributed by atoms with Crippen LogP contribution in [0.25, 0.3) is 0 Å². The largest absolute Gasteiger partial charge is 0.390 e. The Bertz CT molecular complexity index is 432. The van der Waals surface area contributed by atoms with Crippen LogP contribution in [-0.2, 0) is 9.53 Å². The lowest BCUT2D eigenvalue weighted by molar-refractivity contribution is -0.135. The molecular weight excluding hydrogens is 246 g/mol. The Kier molecular flexibility index (Phi) is 3.66. The van der Waals surface area contributed by atoms with Gasteiger partial charge >= 0.3 is 11.9 Å². The molecule has 0 aliphatic carbocycles. The third-order valence-corrected chi connectivity index (χ3v) is 2.07. The van der Waals surface area contributed by atoms with Gasteiger partial charge in [0, 0.05) is 6.92 Å². The van der Waals surface area contributed by atoms with Gasteiger partial charge in [-0.3, -0.25) is 4.79 Å². The molecule has 6 heteroatoms. The SMILES string of the molecule is CC(=O)OC(=O)c1cc(F)c(Cl)cc1Cl. The zero-order chi connectivity index (χ0) is 11.6. The number of ether oxygens (including phenoxy) is 1. The molecule has 1 aromatic rings. The minimum absolute atomic E-state index is 0.0762. The third kappa shape index (κ3) is 2.91. The van der Waals surface area contributed by atoms with E-state index in [-0.39, 0.29) is 15.6 Å². The molecule has 0 heterocycles. The van der Waals surface area contributed by atoms with Crippen molar-refractivity contribution in [1.82, 2.24) is 0 Å². The average Bonchev–Trinajstić information content (AvgIpc) is 2.09. The van der Waals surface area contributed by atoms with E-state index in [0.29, 0.717) is 0 Å². The number of rotatable bonds is 1. The number of halogens is 3. The quantitative estimate of drug-likeness (QED) is 0.438. The predicted molar refractivity (Wildman–Crippen MR) is 52.5 cm³/mol. The Morgan fingerprint density at radius 1 is 1.27 bits per heavy atom. The standard InChI is InChI=1S/C9H5Cl2FO3/c1-4(13)15-9(14)5-2-8(12)7(11)3-6(5)10/h2-3H,1H3. The lowest BCUT2D eigenvalue weighted by Crippen LogP contribution is -2.10. The van der Waals surface area contributed by atoms with Gasteiger partial charge in [0.2, 0.25) is 0 Å². The summed E-state index contributed by atoms with van der Waals surface area (Å²) in [6.07, 6.45) is 0. The molecule has 0 aromatic heterocycles. The van der Waals surface area contributed by atoms with E-state index in [1.807, 2.05) is 0 Å². The molecule has 0 N–H and O–H groups in total. The van der Waals surface area contributed by atoms with Crippen molar-refractivity contribution in [3.63, 3.8) is 0 Å². The van der Waals surface area contributed by atoms with Crippen molar-refractivity contribution in [2.75, 3.05) is 0 Å². The van der Waals surface area contributed by atoms with Crippen molar-refractivity contribution in [3.8, 4) is 0 Å². The van der Waals surface area contributed by atoms with E-state index < -0.39 is 17.8 Å². The zero-order valence-electron chi connectivity index (χ0n) is 7.51. The average molecular weight is 251 g/mol. The number of hydrogen-bond donors (Lipinski definition) is 0. The number of carbonyl (C=O) groups is 2. The van der Waals surface area contributed by atoms with Crippen molar-refractivity contribution in [3.05, 3.63) is 33.6 Å². The molecule has 0 aliphatic heterocycles. The van der Waals surface area contributed by atoms with Gasteiger partial charge < -0.3 is 4.74 Å². The molecule has 0 spiro atoms. The Labute approximate surface area is 94.7 Å². The van der Waals surface area contributed by atoms with E-state index in [2.05, 4.69) is 4.74 Å². The highest BCUT2D eigenvalue weighted by molar-refractivity contribution is 6.36. The maximum Gasteiger partial charge on any atom is 0.347 e. The van der Waals surface area contributed by atoms with Crippen molar-refractivity contribution in [2.24, 2.45) is 0 Å². The minimum atomic E-state index is -1.01. The fourth-order valence-electron chi connectivity index (χ4n) is 0.865. The summed E-state index contributed by atoms with van der Waals surface area (Å²) in [4.78, 5) is 21.7. The second kappa shape index (κ2) is 4.59. The van der Waals surface area contributed by atoms with Crippen molar-refractivity contribution >= 4 is 35.1 Å². The monoisotopic (exact) mass is 250 g/mol. The van der Waals surface area contributed by atoms with Crippen LogP contribution >= 0.6 is 23.2 Å². The maximum absolute atomic E-state index is 13.0. The Morgan fingerprint density at radius 2 is 1.87 bits per heavy atom. The van der Waals surface area contributed by atoms with Crippen LogP contribution in [0.2, 0.25) is 10.0 Å². The molecule has 3 nitrogen and oxygen atoms in total. The van der Waals surface area contributed by atoms with Gasteiger partial charge in [-0.15, -0.1) is 0 Å². The number of hydrogen-bond acceptors (Lipinski definition) is 3. The highest BCUT2D eigenvalue weighted by atomic mass is 35.5. The van der Waals surface area contributed by atoms with Crippen LogP contribution in [0.4, 0.5) is 4.39 Å². The molecule has 0 saturated carbocycles. The number of esters is 2. The molecule has 80 valence electrons. The molecule has 1 rings (SSSR count). The molecule has 0 radical (unpaired) electrons. The Balaban J connectivity index is 3.09. The molecule has 0 saturated heterocycles. The van der Waals surface area contributed by atoms with Crippen LogP contribution in [0.5, 0.6) is 0 Å². The first-order valence-corrected chi connectivity index (χ1v) is 4.54. The zero-order valence-corrected chi connectivity index (χ0v) is 9.03. The van der Waals surface area contributed by atoms with E-state index in [9.17, 15) is 14.0 Å². The summed E-state index contributed by atoms with van der Waals surface area (Å²) in [7, 11) is 0. The first kappa shape index (κ1) is 11.9. The fourth-order valence-corrected chi connectivity index (χ4v) is 1.32. The molecule has 1 aromatic carbocycles. The Morgan fingerprint density at radius 3 is 2.40 bits per heavy atom. The van der Waals surface area contributed by atoms with Crippen LogP contribution in [0, 0.1) is 5.82 Å². The van der Waals surface area contributed by atoms with Crippen LogP contribution in [0.1, 0.15) is 17.3 Å². The topological polar surface area (TPSA) is 43.4 Å². The first-order valence-electron chi connectivity index (χ1n) is 3.79.